The average Bonchev–Trinajstić information content (AvgIpc) is 2.39. The molecule has 0 unspecified atom stereocenters. The van der Waals surface area contributed by atoms with Crippen LogP contribution in [0.2, 0.25) is 0 Å². The van der Waals surface area contributed by atoms with E-state index in [9.17, 15) is 10.1 Å². The second-order valence-electron chi connectivity index (χ2n) is 3.72. The molecule has 0 N–H and O–H groups in total. The van der Waals surface area contributed by atoms with Crippen molar-refractivity contribution in [2.45, 2.75) is 6.42 Å². The Morgan fingerprint density at radius 3 is 2.56 bits per heavy atom. The summed E-state index contributed by atoms with van der Waals surface area (Å²) in [5, 5.41) is 10.3. The van der Waals surface area contributed by atoms with Crippen LogP contribution in [-0.4, -0.2) is 16.5 Å². The number of nitro groups is 1. The summed E-state index contributed by atoms with van der Waals surface area (Å²) in [7, 11) is 0. The number of benzene rings is 1. The number of hydrogen-bond acceptors (Lipinski definition) is 4. The maximum Gasteiger partial charge on any atom is 0.219 e. The summed E-state index contributed by atoms with van der Waals surface area (Å²) < 4.78 is 5.51. The van der Waals surface area contributed by atoms with Gasteiger partial charge in [0.25, 0.3) is 0 Å². The van der Waals surface area contributed by atoms with Crippen LogP contribution in [0.5, 0.6) is 11.6 Å². The molecule has 0 bridgehead atoms. The Morgan fingerprint density at radius 1 is 1.17 bits per heavy atom. The zero-order chi connectivity index (χ0) is 12.8. The lowest BCUT2D eigenvalue weighted by Crippen LogP contribution is -2.03. The molecule has 0 aliphatic carbocycles. The third-order valence-electron chi connectivity index (χ3n) is 2.37. The van der Waals surface area contributed by atoms with Crippen molar-refractivity contribution < 1.29 is 9.66 Å². The smallest absolute Gasteiger partial charge is 0.219 e. The fourth-order valence-electron chi connectivity index (χ4n) is 1.47. The first-order chi connectivity index (χ1) is 8.74. The molecule has 1 aromatic heterocycles. The summed E-state index contributed by atoms with van der Waals surface area (Å²) in [6, 6.07) is 12.6. The first-order valence-electron chi connectivity index (χ1n) is 5.54. The van der Waals surface area contributed by atoms with Crippen LogP contribution in [0.15, 0.2) is 48.7 Å². The minimum atomic E-state index is -0.321. The normalized spacial score (nSPS) is 10.0. The standard InChI is InChI=1S/C13H12N2O3/c16-15(17)10-8-11-4-6-12(7-5-11)18-13-3-1-2-9-14-13/h1-7,9H,8,10H2. The van der Waals surface area contributed by atoms with Crippen LogP contribution in [0.1, 0.15) is 5.56 Å². The molecular weight excluding hydrogens is 232 g/mol. The van der Waals surface area contributed by atoms with Crippen molar-refractivity contribution >= 4 is 0 Å². The van der Waals surface area contributed by atoms with E-state index in [2.05, 4.69) is 4.98 Å². The van der Waals surface area contributed by atoms with Crippen LogP contribution in [0.25, 0.3) is 0 Å². The first kappa shape index (κ1) is 12.0. The number of hydrogen-bond donors (Lipinski definition) is 0. The fourth-order valence-corrected chi connectivity index (χ4v) is 1.47. The van der Waals surface area contributed by atoms with Gasteiger partial charge >= 0.3 is 0 Å². The average molecular weight is 244 g/mol. The van der Waals surface area contributed by atoms with Gasteiger partial charge in [-0.05, 0) is 23.8 Å². The highest BCUT2D eigenvalue weighted by Crippen LogP contribution is 2.19. The van der Waals surface area contributed by atoms with Gasteiger partial charge in [-0.2, -0.15) is 0 Å². The molecule has 92 valence electrons. The highest BCUT2D eigenvalue weighted by atomic mass is 16.6. The minimum Gasteiger partial charge on any atom is -0.439 e. The highest BCUT2D eigenvalue weighted by Gasteiger charge is 2.01. The molecular formula is C13H12N2O3. The SMILES string of the molecule is O=[N+]([O-])CCc1ccc(Oc2ccccn2)cc1. The van der Waals surface area contributed by atoms with Crippen LogP contribution in [0, 0.1) is 10.1 Å². The maximum atomic E-state index is 10.3. The number of ether oxygens (including phenoxy) is 1. The summed E-state index contributed by atoms with van der Waals surface area (Å²) in [4.78, 5) is 14.0. The van der Waals surface area contributed by atoms with E-state index >= 15 is 0 Å². The molecule has 0 amide bonds. The molecule has 1 aromatic carbocycles. The summed E-state index contributed by atoms with van der Waals surface area (Å²) in [6.07, 6.45) is 2.08. The van der Waals surface area contributed by atoms with Gasteiger partial charge in [0.05, 0.1) is 0 Å². The lowest BCUT2D eigenvalue weighted by Gasteiger charge is -2.04. The van der Waals surface area contributed by atoms with Gasteiger partial charge in [0.15, 0.2) is 0 Å². The third-order valence-corrected chi connectivity index (χ3v) is 2.37. The number of aromatic nitrogens is 1. The van der Waals surface area contributed by atoms with Crippen molar-refractivity contribution in [3.63, 3.8) is 0 Å². The summed E-state index contributed by atoms with van der Waals surface area (Å²) in [6.45, 7) is -0.0551. The van der Waals surface area contributed by atoms with Crippen LogP contribution < -0.4 is 4.74 Å². The molecule has 0 saturated carbocycles. The van der Waals surface area contributed by atoms with Gasteiger partial charge < -0.3 is 4.74 Å². The topological polar surface area (TPSA) is 65.3 Å². The van der Waals surface area contributed by atoms with Crippen molar-refractivity contribution in [3.8, 4) is 11.6 Å². The summed E-state index contributed by atoms with van der Waals surface area (Å²) >= 11 is 0. The second kappa shape index (κ2) is 5.77. The molecule has 0 fully saturated rings. The van der Waals surface area contributed by atoms with Crippen molar-refractivity contribution in [2.24, 2.45) is 0 Å². The van der Waals surface area contributed by atoms with E-state index in [1.807, 2.05) is 24.3 Å². The first-order valence-corrected chi connectivity index (χ1v) is 5.54. The number of pyridine rings is 1. The molecule has 5 heteroatoms. The Morgan fingerprint density at radius 2 is 1.94 bits per heavy atom. The quantitative estimate of drug-likeness (QED) is 0.599. The van der Waals surface area contributed by atoms with Crippen molar-refractivity contribution in [1.29, 1.82) is 0 Å². The lowest BCUT2D eigenvalue weighted by atomic mass is 10.1. The van der Waals surface area contributed by atoms with E-state index in [0.717, 1.165) is 5.56 Å². The Labute approximate surface area is 104 Å². The third kappa shape index (κ3) is 3.55. The van der Waals surface area contributed by atoms with Crippen molar-refractivity contribution in [2.75, 3.05) is 6.54 Å². The van der Waals surface area contributed by atoms with Crippen LogP contribution in [0.3, 0.4) is 0 Å². The number of rotatable bonds is 5. The predicted molar refractivity (Wildman–Crippen MR) is 66.3 cm³/mol. The molecule has 0 saturated heterocycles. The Hall–Kier alpha value is -2.43. The molecule has 0 spiro atoms. The van der Waals surface area contributed by atoms with Gasteiger partial charge in [-0.15, -0.1) is 0 Å². The Balaban J connectivity index is 1.97. The molecule has 0 radical (unpaired) electrons. The van der Waals surface area contributed by atoms with E-state index in [4.69, 9.17) is 4.74 Å². The summed E-state index contributed by atoms with van der Waals surface area (Å²) in [5.74, 6) is 1.19. The monoisotopic (exact) mass is 244 g/mol. The maximum absolute atomic E-state index is 10.3. The van der Waals surface area contributed by atoms with Crippen LogP contribution in [0.4, 0.5) is 0 Å². The van der Waals surface area contributed by atoms with E-state index in [1.165, 1.54) is 0 Å². The largest absolute Gasteiger partial charge is 0.439 e. The summed E-state index contributed by atoms with van der Waals surface area (Å²) in [5.41, 5.74) is 0.917. The Bertz CT molecular complexity index is 512. The Kier molecular flexibility index (Phi) is 3.86. The van der Waals surface area contributed by atoms with Crippen LogP contribution in [-0.2, 0) is 6.42 Å². The van der Waals surface area contributed by atoms with Gasteiger partial charge in [-0.1, -0.05) is 18.2 Å². The lowest BCUT2D eigenvalue weighted by molar-refractivity contribution is -0.479. The van der Waals surface area contributed by atoms with Gasteiger partial charge in [-0.25, -0.2) is 4.98 Å². The van der Waals surface area contributed by atoms with Gasteiger partial charge in [0, 0.05) is 23.6 Å². The van der Waals surface area contributed by atoms with E-state index < -0.39 is 0 Å². The van der Waals surface area contributed by atoms with E-state index in [1.54, 1.807) is 24.4 Å². The van der Waals surface area contributed by atoms with Crippen molar-refractivity contribution in [3.05, 3.63) is 64.3 Å². The molecule has 1 heterocycles. The minimum absolute atomic E-state index is 0.0551. The van der Waals surface area contributed by atoms with Crippen molar-refractivity contribution in [1.82, 2.24) is 4.98 Å². The molecule has 2 rings (SSSR count). The van der Waals surface area contributed by atoms with Crippen LogP contribution >= 0.6 is 0 Å². The molecule has 2 aromatic rings. The number of nitrogens with zero attached hydrogens (tertiary/aromatic N) is 2. The molecule has 0 atom stereocenters. The molecule has 0 aliphatic rings. The predicted octanol–water partition coefficient (Wildman–Crippen LogP) is 2.69. The zero-order valence-corrected chi connectivity index (χ0v) is 9.65. The molecule has 5 nitrogen and oxygen atoms in total. The van der Waals surface area contributed by atoms with E-state index in [-0.39, 0.29) is 11.5 Å². The van der Waals surface area contributed by atoms with E-state index in [0.29, 0.717) is 18.1 Å². The highest BCUT2D eigenvalue weighted by molar-refractivity contribution is 5.30. The second-order valence-corrected chi connectivity index (χ2v) is 3.72. The van der Waals surface area contributed by atoms with Gasteiger partial charge in [0.1, 0.15) is 5.75 Å². The fraction of sp³-hybridized carbons (Fsp3) is 0.154. The van der Waals surface area contributed by atoms with Gasteiger partial charge in [-0.3, -0.25) is 10.1 Å². The molecule has 0 aliphatic heterocycles. The van der Waals surface area contributed by atoms with Gasteiger partial charge in [0.2, 0.25) is 12.4 Å². The molecule has 18 heavy (non-hydrogen) atoms. The zero-order valence-electron chi connectivity index (χ0n) is 9.65.